The fourth-order valence-electron chi connectivity index (χ4n) is 3.33. The van der Waals surface area contributed by atoms with Crippen molar-refractivity contribution in [1.82, 2.24) is 0 Å². The maximum Gasteiger partial charge on any atom is 0.120 e. The monoisotopic (exact) mass is 351 g/mol. The van der Waals surface area contributed by atoms with E-state index < -0.39 is 0 Å². The van der Waals surface area contributed by atoms with Gasteiger partial charge in [-0.25, -0.2) is 0 Å². The summed E-state index contributed by atoms with van der Waals surface area (Å²) in [7, 11) is 0. The molecule has 2 aromatic rings. The number of ether oxygens (including phenoxy) is 2. The molecule has 0 fully saturated rings. The molecule has 0 amide bonds. The van der Waals surface area contributed by atoms with Gasteiger partial charge in [0.2, 0.25) is 0 Å². The Hall–Kier alpha value is -2.42. The van der Waals surface area contributed by atoms with Crippen molar-refractivity contribution >= 4 is 11.3 Å². The van der Waals surface area contributed by atoms with Crippen LogP contribution in [0.1, 0.15) is 45.6 Å². The number of nitrogens with one attached hydrogen (secondary N) is 1. The summed E-state index contributed by atoms with van der Waals surface area (Å²) in [5, 5.41) is 3.55. The van der Waals surface area contributed by atoms with E-state index in [-0.39, 0.29) is 5.54 Å². The minimum Gasteiger partial charge on any atom is -0.494 e. The lowest BCUT2D eigenvalue weighted by Crippen LogP contribution is -2.31. The number of unbranched alkanes of at least 4 members (excludes halogenated alkanes) is 2. The van der Waals surface area contributed by atoms with Gasteiger partial charge in [-0.15, -0.1) is 0 Å². The molecule has 0 radical (unpaired) electrons. The van der Waals surface area contributed by atoms with Gasteiger partial charge in [0, 0.05) is 11.3 Å². The first-order valence-electron chi connectivity index (χ1n) is 9.46. The minimum atomic E-state index is 0.00127. The van der Waals surface area contributed by atoms with Crippen molar-refractivity contribution in [3.05, 3.63) is 60.2 Å². The van der Waals surface area contributed by atoms with Crippen molar-refractivity contribution in [2.75, 3.05) is 18.5 Å². The molecule has 3 nitrogen and oxygen atoms in total. The summed E-state index contributed by atoms with van der Waals surface area (Å²) in [5.41, 5.74) is 3.71. The summed E-state index contributed by atoms with van der Waals surface area (Å²) in [6, 6.07) is 16.3. The molecule has 0 saturated heterocycles. The molecule has 1 aliphatic rings. The smallest absolute Gasteiger partial charge is 0.120 e. The maximum atomic E-state index is 5.94. The molecule has 0 bridgehead atoms. The van der Waals surface area contributed by atoms with Crippen LogP contribution in [0.25, 0.3) is 5.57 Å². The number of allylic oxidation sites excluding steroid dienone is 1. The van der Waals surface area contributed by atoms with Crippen LogP contribution in [0.2, 0.25) is 0 Å². The van der Waals surface area contributed by atoms with Gasteiger partial charge in [-0.05, 0) is 75.9 Å². The molecule has 0 spiro atoms. The summed E-state index contributed by atoms with van der Waals surface area (Å²) in [5.74, 6) is 1.89. The second-order valence-electron chi connectivity index (χ2n) is 7.45. The lowest BCUT2D eigenvalue weighted by molar-refractivity contribution is 0.279. The molecule has 2 aromatic carbocycles. The fraction of sp³-hybridized carbons (Fsp3) is 0.391. The van der Waals surface area contributed by atoms with E-state index in [4.69, 9.17) is 9.47 Å². The third-order valence-electron chi connectivity index (χ3n) is 4.52. The molecule has 0 aliphatic carbocycles. The third kappa shape index (κ3) is 5.04. The number of anilines is 1. The van der Waals surface area contributed by atoms with Crippen LogP contribution < -0.4 is 14.8 Å². The van der Waals surface area contributed by atoms with Gasteiger partial charge in [-0.2, -0.15) is 0 Å². The van der Waals surface area contributed by atoms with Crippen molar-refractivity contribution < 1.29 is 9.47 Å². The van der Waals surface area contributed by atoms with Crippen LogP contribution in [0, 0.1) is 0 Å². The average Bonchev–Trinajstić information content (AvgIpc) is 2.61. The van der Waals surface area contributed by atoms with Gasteiger partial charge in [-0.3, -0.25) is 0 Å². The van der Waals surface area contributed by atoms with Crippen LogP contribution in [0.3, 0.4) is 0 Å². The van der Waals surface area contributed by atoms with Crippen LogP contribution in [0.15, 0.2) is 54.6 Å². The minimum absolute atomic E-state index is 0.00127. The summed E-state index contributed by atoms with van der Waals surface area (Å²) >= 11 is 0. The second-order valence-corrected chi connectivity index (χ2v) is 7.45. The number of benzene rings is 2. The van der Waals surface area contributed by atoms with Crippen LogP contribution in [-0.4, -0.2) is 18.8 Å². The van der Waals surface area contributed by atoms with Crippen molar-refractivity contribution in [2.24, 2.45) is 0 Å². The van der Waals surface area contributed by atoms with Crippen LogP contribution in [-0.2, 0) is 0 Å². The zero-order valence-electron chi connectivity index (χ0n) is 16.0. The number of para-hydroxylation sites is 1. The van der Waals surface area contributed by atoms with E-state index in [0.717, 1.165) is 44.0 Å². The molecule has 138 valence electrons. The molecule has 0 aromatic heterocycles. The van der Waals surface area contributed by atoms with Crippen molar-refractivity contribution in [1.29, 1.82) is 0 Å². The highest BCUT2D eigenvalue weighted by atomic mass is 16.5. The normalized spacial score (nSPS) is 14.8. The van der Waals surface area contributed by atoms with Gasteiger partial charge in [0.1, 0.15) is 11.5 Å². The van der Waals surface area contributed by atoms with E-state index in [1.165, 1.54) is 16.8 Å². The Morgan fingerprint density at radius 2 is 1.54 bits per heavy atom. The molecule has 1 N–H and O–H groups in total. The SMILES string of the molecule is CC1=CC(C)(C)Nc2ccc(OCCCCCOc3ccccc3)cc21. The van der Waals surface area contributed by atoms with Gasteiger partial charge in [0.15, 0.2) is 0 Å². The number of fused-ring (bicyclic) bond motifs is 1. The summed E-state index contributed by atoms with van der Waals surface area (Å²) in [6.07, 6.45) is 5.46. The van der Waals surface area contributed by atoms with Crippen molar-refractivity contribution in [3.63, 3.8) is 0 Å². The Kier molecular flexibility index (Phi) is 5.87. The molecular weight excluding hydrogens is 322 g/mol. The first-order chi connectivity index (χ1) is 12.5. The van der Waals surface area contributed by atoms with E-state index in [1.807, 2.05) is 30.3 Å². The summed E-state index contributed by atoms with van der Waals surface area (Å²) in [4.78, 5) is 0. The lowest BCUT2D eigenvalue weighted by atomic mass is 9.91. The van der Waals surface area contributed by atoms with Gasteiger partial charge < -0.3 is 14.8 Å². The van der Waals surface area contributed by atoms with Crippen molar-refractivity contribution in [2.45, 2.75) is 45.6 Å². The zero-order valence-corrected chi connectivity index (χ0v) is 16.0. The second kappa shape index (κ2) is 8.31. The summed E-state index contributed by atoms with van der Waals surface area (Å²) < 4.78 is 11.6. The molecule has 3 heteroatoms. The van der Waals surface area contributed by atoms with E-state index in [0.29, 0.717) is 0 Å². The van der Waals surface area contributed by atoms with E-state index in [9.17, 15) is 0 Å². The van der Waals surface area contributed by atoms with Gasteiger partial charge in [0.05, 0.1) is 18.8 Å². The van der Waals surface area contributed by atoms with Crippen LogP contribution in [0.4, 0.5) is 5.69 Å². The molecule has 1 aliphatic heterocycles. The Labute approximate surface area is 157 Å². The fourth-order valence-corrected chi connectivity index (χ4v) is 3.33. The van der Waals surface area contributed by atoms with Gasteiger partial charge in [0.25, 0.3) is 0 Å². The third-order valence-corrected chi connectivity index (χ3v) is 4.52. The van der Waals surface area contributed by atoms with Crippen LogP contribution in [0.5, 0.6) is 11.5 Å². The highest BCUT2D eigenvalue weighted by molar-refractivity contribution is 5.80. The first-order valence-corrected chi connectivity index (χ1v) is 9.46. The van der Waals surface area contributed by atoms with Gasteiger partial charge in [-0.1, -0.05) is 24.3 Å². The first kappa shape index (κ1) is 18.4. The molecule has 26 heavy (non-hydrogen) atoms. The Morgan fingerprint density at radius 1 is 0.846 bits per heavy atom. The Bertz CT molecular complexity index is 750. The molecular formula is C23H29NO2. The lowest BCUT2D eigenvalue weighted by Gasteiger charge is -2.31. The predicted molar refractivity (Wildman–Crippen MR) is 109 cm³/mol. The van der Waals surface area contributed by atoms with Crippen molar-refractivity contribution in [3.8, 4) is 11.5 Å². The predicted octanol–water partition coefficient (Wildman–Crippen LogP) is 5.92. The quantitative estimate of drug-likeness (QED) is 0.599. The number of hydrogen-bond donors (Lipinski definition) is 1. The van der Waals surface area contributed by atoms with Crippen LogP contribution >= 0.6 is 0 Å². The standard InChI is InChI=1S/C23H29NO2/c1-18-17-23(2,3)24-22-13-12-20(16-21(18)22)26-15-9-5-8-14-25-19-10-6-4-7-11-19/h4,6-7,10-13,16-17,24H,5,8-9,14-15H2,1-3H3. The van der Waals surface area contributed by atoms with Gasteiger partial charge >= 0.3 is 0 Å². The van der Waals surface area contributed by atoms with E-state index >= 15 is 0 Å². The molecule has 0 unspecified atom stereocenters. The Morgan fingerprint density at radius 3 is 2.27 bits per heavy atom. The summed E-state index contributed by atoms with van der Waals surface area (Å²) in [6.45, 7) is 8.04. The zero-order chi connectivity index (χ0) is 18.4. The molecule has 0 atom stereocenters. The number of rotatable bonds is 8. The maximum absolute atomic E-state index is 5.94. The topological polar surface area (TPSA) is 30.5 Å². The molecule has 0 saturated carbocycles. The highest BCUT2D eigenvalue weighted by Crippen LogP contribution is 2.35. The molecule has 3 rings (SSSR count). The largest absolute Gasteiger partial charge is 0.494 e. The van der Waals surface area contributed by atoms with E-state index in [2.05, 4.69) is 50.4 Å². The average molecular weight is 351 g/mol. The number of hydrogen-bond acceptors (Lipinski definition) is 3. The Balaban J connectivity index is 1.39. The highest BCUT2D eigenvalue weighted by Gasteiger charge is 2.22. The molecule has 1 heterocycles. The van der Waals surface area contributed by atoms with E-state index in [1.54, 1.807) is 0 Å².